The molecule has 0 N–H and O–H groups in total. The molecule has 11 aromatic rings. The highest BCUT2D eigenvalue weighted by molar-refractivity contribution is 6.21. The number of anilines is 3. The van der Waals surface area contributed by atoms with Gasteiger partial charge in [0.2, 0.25) is 0 Å². The lowest BCUT2D eigenvalue weighted by atomic mass is 9.67. The molecule has 0 aromatic heterocycles. The molecule has 2 aliphatic rings. The Morgan fingerprint density at radius 1 is 0.284 bits per heavy atom. The smallest absolute Gasteiger partial charge is 0.0714 e. The number of rotatable bonds is 7. The molecule has 1 nitrogen and oxygen atoms in total. The van der Waals surface area contributed by atoms with Crippen LogP contribution in [0.2, 0.25) is 0 Å². The van der Waals surface area contributed by atoms with Crippen molar-refractivity contribution >= 4 is 38.6 Å². The minimum atomic E-state index is -0.518. The summed E-state index contributed by atoms with van der Waals surface area (Å²) in [7, 11) is 0. The Labute approximate surface area is 392 Å². The third-order valence-electron chi connectivity index (χ3n) is 14.9. The van der Waals surface area contributed by atoms with Crippen LogP contribution in [-0.4, -0.2) is 0 Å². The van der Waals surface area contributed by atoms with Crippen LogP contribution in [0, 0.1) is 0 Å². The van der Waals surface area contributed by atoms with Crippen molar-refractivity contribution < 1.29 is 0 Å². The van der Waals surface area contributed by atoms with Gasteiger partial charge >= 0.3 is 0 Å². The molecule has 0 saturated carbocycles. The zero-order chi connectivity index (χ0) is 44.7. The molecule has 0 spiro atoms. The van der Waals surface area contributed by atoms with Gasteiger partial charge in [0.1, 0.15) is 0 Å². The molecule has 13 rings (SSSR count). The number of benzene rings is 11. The van der Waals surface area contributed by atoms with Gasteiger partial charge in [0.05, 0.1) is 5.41 Å². The first-order valence-electron chi connectivity index (χ1n) is 23.5. The number of fused-ring (bicyclic) bond motifs is 8. The van der Waals surface area contributed by atoms with Crippen LogP contribution in [0.15, 0.2) is 249 Å². The van der Waals surface area contributed by atoms with Crippen LogP contribution >= 0.6 is 0 Å². The van der Waals surface area contributed by atoms with Crippen LogP contribution in [0.5, 0.6) is 0 Å². The van der Waals surface area contributed by atoms with Crippen LogP contribution < -0.4 is 4.90 Å². The standard InChI is InChI=1S/C66H47N/c1-65(2)59-32-18-16-26-51(59)53-40-38-49(42-61(53)65)67(50-39-41-54-52-27-17-19-33-60(52)66(62(54)43-50,46-22-8-4-9-23-46)47-24-10-5-11-25-47)48-36-34-45(35-37-48)64-57-30-14-12-28-55(57)63(44-20-6-3-7-21-44)56-29-13-15-31-58(56)64/h3-43H,1-2H3. The van der Waals surface area contributed by atoms with Gasteiger partial charge < -0.3 is 4.90 Å². The van der Waals surface area contributed by atoms with Gasteiger partial charge in [-0.05, 0) is 136 Å². The molecule has 67 heavy (non-hydrogen) atoms. The summed E-state index contributed by atoms with van der Waals surface area (Å²) in [6.45, 7) is 4.75. The van der Waals surface area contributed by atoms with Crippen LogP contribution in [0.3, 0.4) is 0 Å². The second kappa shape index (κ2) is 15.2. The van der Waals surface area contributed by atoms with Crippen LogP contribution in [0.25, 0.3) is 66.1 Å². The predicted octanol–water partition coefficient (Wildman–Crippen LogP) is 17.5. The summed E-state index contributed by atoms with van der Waals surface area (Å²) in [5.41, 5.74) is 20.7. The summed E-state index contributed by atoms with van der Waals surface area (Å²) in [4.78, 5) is 2.49. The molecule has 0 unspecified atom stereocenters. The second-order valence-electron chi connectivity index (χ2n) is 18.7. The third-order valence-corrected chi connectivity index (χ3v) is 14.9. The van der Waals surface area contributed by atoms with Gasteiger partial charge in [0, 0.05) is 22.5 Å². The molecule has 0 bridgehead atoms. The van der Waals surface area contributed by atoms with Crippen molar-refractivity contribution in [2.75, 3.05) is 4.90 Å². The SMILES string of the molecule is CC1(C)c2ccccc2-c2ccc(N(c3ccc(-c4c5ccccc5c(-c5ccccc5)c5ccccc45)cc3)c3ccc4c(c3)C(c3ccccc3)(c3ccccc3)c3ccccc3-4)cc21. The molecule has 0 saturated heterocycles. The van der Waals surface area contributed by atoms with E-state index in [9.17, 15) is 0 Å². The van der Waals surface area contributed by atoms with E-state index in [4.69, 9.17) is 0 Å². The Kier molecular flexibility index (Phi) is 8.85. The lowest BCUT2D eigenvalue weighted by molar-refractivity contribution is 0.660. The summed E-state index contributed by atoms with van der Waals surface area (Å²) in [5.74, 6) is 0. The lowest BCUT2D eigenvalue weighted by Crippen LogP contribution is -2.28. The Hall–Kier alpha value is -8.26. The Balaban J connectivity index is 1.03. The highest BCUT2D eigenvalue weighted by Gasteiger charge is 2.46. The maximum absolute atomic E-state index is 2.49. The van der Waals surface area contributed by atoms with Gasteiger partial charge in [0.15, 0.2) is 0 Å². The first kappa shape index (κ1) is 39.1. The zero-order valence-corrected chi connectivity index (χ0v) is 37.6. The van der Waals surface area contributed by atoms with E-state index >= 15 is 0 Å². The molecule has 0 fully saturated rings. The maximum Gasteiger partial charge on any atom is 0.0714 e. The van der Waals surface area contributed by atoms with Gasteiger partial charge in [-0.3, -0.25) is 0 Å². The summed E-state index contributed by atoms with van der Waals surface area (Å²) >= 11 is 0. The fraction of sp³-hybridized carbons (Fsp3) is 0.0606. The van der Waals surface area contributed by atoms with E-state index in [-0.39, 0.29) is 5.41 Å². The topological polar surface area (TPSA) is 3.24 Å². The molecule has 0 atom stereocenters. The molecular formula is C66H47N. The summed E-state index contributed by atoms with van der Waals surface area (Å²) < 4.78 is 0. The average molecular weight is 854 g/mol. The molecule has 0 radical (unpaired) electrons. The lowest BCUT2D eigenvalue weighted by Gasteiger charge is -2.35. The first-order chi connectivity index (χ1) is 33.0. The van der Waals surface area contributed by atoms with Crippen LogP contribution in [0.4, 0.5) is 17.1 Å². The van der Waals surface area contributed by atoms with E-state index in [0.717, 1.165) is 17.1 Å². The Morgan fingerprint density at radius 2 is 0.657 bits per heavy atom. The van der Waals surface area contributed by atoms with Gasteiger partial charge in [-0.1, -0.05) is 226 Å². The van der Waals surface area contributed by atoms with Gasteiger partial charge in [-0.15, -0.1) is 0 Å². The first-order valence-corrected chi connectivity index (χ1v) is 23.5. The van der Waals surface area contributed by atoms with Gasteiger partial charge in [-0.25, -0.2) is 0 Å². The second-order valence-corrected chi connectivity index (χ2v) is 18.7. The van der Waals surface area contributed by atoms with E-state index in [1.165, 1.54) is 99.4 Å². The quantitative estimate of drug-likeness (QED) is 0.144. The highest BCUT2D eigenvalue weighted by atomic mass is 15.1. The van der Waals surface area contributed by atoms with E-state index in [0.29, 0.717) is 0 Å². The van der Waals surface area contributed by atoms with Crippen molar-refractivity contribution in [3.63, 3.8) is 0 Å². The molecule has 1 heteroatoms. The molecular weight excluding hydrogens is 807 g/mol. The van der Waals surface area contributed by atoms with E-state index in [2.05, 4.69) is 267 Å². The highest BCUT2D eigenvalue weighted by Crippen LogP contribution is 2.58. The van der Waals surface area contributed by atoms with Crippen molar-refractivity contribution in [2.45, 2.75) is 24.7 Å². The zero-order valence-electron chi connectivity index (χ0n) is 37.6. The molecule has 2 aliphatic carbocycles. The fourth-order valence-electron chi connectivity index (χ4n) is 12.0. The Morgan fingerprint density at radius 3 is 1.19 bits per heavy atom. The monoisotopic (exact) mass is 853 g/mol. The summed E-state index contributed by atoms with van der Waals surface area (Å²) in [5, 5.41) is 5.02. The molecule has 0 heterocycles. The van der Waals surface area contributed by atoms with E-state index in [1.807, 2.05) is 0 Å². The molecule has 0 amide bonds. The number of hydrogen-bond donors (Lipinski definition) is 0. The average Bonchev–Trinajstić information content (AvgIpc) is 3.81. The third kappa shape index (κ3) is 5.81. The van der Waals surface area contributed by atoms with Crippen molar-refractivity contribution in [1.29, 1.82) is 0 Å². The van der Waals surface area contributed by atoms with Gasteiger partial charge in [0.25, 0.3) is 0 Å². The number of hydrogen-bond acceptors (Lipinski definition) is 1. The van der Waals surface area contributed by atoms with Crippen LogP contribution in [0.1, 0.15) is 47.2 Å². The fourth-order valence-corrected chi connectivity index (χ4v) is 12.0. The normalized spacial score (nSPS) is 13.8. The van der Waals surface area contributed by atoms with Crippen molar-refractivity contribution in [2.24, 2.45) is 0 Å². The summed E-state index contributed by atoms with van der Waals surface area (Å²) in [6, 6.07) is 92.6. The van der Waals surface area contributed by atoms with Crippen molar-refractivity contribution in [3.8, 4) is 44.5 Å². The van der Waals surface area contributed by atoms with Gasteiger partial charge in [-0.2, -0.15) is 0 Å². The van der Waals surface area contributed by atoms with Crippen LogP contribution in [-0.2, 0) is 10.8 Å². The minimum Gasteiger partial charge on any atom is -0.310 e. The van der Waals surface area contributed by atoms with Crippen molar-refractivity contribution in [1.82, 2.24) is 0 Å². The van der Waals surface area contributed by atoms with Crippen molar-refractivity contribution in [3.05, 3.63) is 282 Å². The maximum atomic E-state index is 2.49. The Bertz CT molecular complexity index is 3600. The molecule has 316 valence electrons. The minimum absolute atomic E-state index is 0.152. The summed E-state index contributed by atoms with van der Waals surface area (Å²) in [6.07, 6.45) is 0. The van der Waals surface area contributed by atoms with E-state index in [1.54, 1.807) is 0 Å². The molecule has 11 aromatic carbocycles. The number of nitrogens with zero attached hydrogens (tertiary/aromatic N) is 1. The van der Waals surface area contributed by atoms with E-state index < -0.39 is 5.41 Å². The molecule has 0 aliphatic heterocycles. The predicted molar refractivity (Wildman–Crippen MR) is 282 cm³/mol. The largest absolute Gasteiger partial charge is 0.310 e.